The van der Waals surface area contributed by atoms with E-state index < -0.39 is 17.4 Å². The number of ether oxygens (including phenoxy) is 1. The topological polar surface area (TPSA) is 91.4 Å². The molecule has 1 aromatic heterocycles. The zero-order valence-electron chi connectivity index (χ0n) is 11.6. The Bertz CT molecular complexity index is 697. The van der Waals surface area contributed by atoms with E-state index in [0.29, 0.717) is 5.69 Å². The van der Waals surface area contributed by atoms with Crippen molar-refractivity contribution in [3.8, 4) is 0 Å². The van der Waals surface area contributed by atoms with Crippen molar-refractivity contribution in [3.05, 3.63) is 34.4 Å². The van der Waals surface area contributed by atoms with E-state index in [1.54, 1.807) is 6.07 Å². The maximum Gasteiger partial charge on any atom is 0.331 e. The van der Waals surface area contributed by atoms with E-state index >= 15 is 0 Å². The normalized spacial score (nSPS) is 13.9. The summed E-state index contributed by atoms with van der Waals surface area (Å²) in [6.45, 7) is 1.27. The zero-order valence-corrected chi connectivity index (χ0v) is 13.2. The van der Waals surface area contributed by atoms with Gasteiger partial charge in [0, 0.05) is 22.5 Å². The highest BCUT2D eigenvalue weighted by Gasteiger charge is 2.35. The third-order valence-corrected chi connectivity index (χ3v) is 3.62. The van der Waals surface area contributed by atoms with Crippen LogP contribution < -0.4 is 5.32 Å². The predicted molar refractivity (Wildman–Crippen MR) is 81.4 cm³/mol. The molecule has 3 N–H and O–H groups in total. The van der Waals surface area contributed by atoms with Gasteiger partial charge in [-0.15, -0.1) is 0 Å². The van der Waals surface area contributed by atoms with Gasteiger partial charge in [-0.25, -0.2) is 4.79 Å². The van der Waals surface area contributed by atoms with Crippen LogP contribution in [0.5, 0.6) is 0 Å². The molecule has 0 aliphatic carbocycles. The molecule has 0 bridgehead atoms. The molecule has 0 spiro atoms. The highest BCUT2D eigenvalue weighted by molar-refractivity contribution is 9.10. The Kier molecular flexibility index (Phi) is 4.34. The van der Waals surface area contributed by atoms with Crippen molar-refractivity contribution >= 4 is 38.7 Å². The SMILES string of the molecule is COCC(C)(NC(=O)c1cc2ccc(Br)cc2[nH]1)C(=O)O. The smallest absolute Gasteiger partial charge is 0.331 e. The summed E-state index contributed by atoms with van der Waals surface area (Å²) >= 11 is 3.35. The first-order chi connectivity index (χ1) is 9.85. The number of rotatable bonds is 5. The maximum atomic E-state index is 12.2. The first-order valence-corrected chi connectivity index (χ1v) is 6.98. The van der Waals surface area contributed by atoms with E-state index in [4.69, 9.17) is 4.74 Å². The molecular formula is C14H15BrN2O4. The van der Waals surface area contributed by atoms with Crippen LogP contribution in [-0.4, -0.2) is 41.2 Å². The molecule has 0 aliphatic rings. The lowest BCUT2D eigenvalue weighted by molar-refractivity contribution is -0.145. The molecule has 112 valence electrons. The van der Waals surface area contributed by atoms with Crippen LogP contribution in [0, 0.1) is 0 Å². The van der Waals surface area contributed by atoms with E-state index in [1.165, 1.54) is 14.0 Å². The van der Waals surface area contributed by atoms with Crippen LogP contribution in [0.25, 0.3) is 10.9 Å². The molecule has 1 amide bonds. The van der Waals surface area contributed by atoms with Gasteiger partial charge in [0.15, 0.2) is 5.54 Å². The van der Waals surface area contributed by atoms with Crippen molar-refractivity contribution in [2.75, 3.05) is 13.7 Å². The minimum Gasteiger partial charge on any atom is -0.479 e. The number of H-pyrrole nitrogens is 1. The number of benzene rings is 1. The standard InChI is InChI=1S/C14H15BrN2O4/c1-14(7-21-2,13(19)20)17-12(18)11-5-8-3-4-9(15)6-10(8)16-11/h3-6,16H,7H2,1-2H3,(H,17,18)(H,19,20). The maximum absolute atomic E-state index is 12.2. The second-order valence-electron chi connectivity index (χ2n) is 4.94. The second kappa shape index (κ2) is 5.87. The molecular weight excluding hydrogens is 340 g/mol. The van der Waals surface area contributed by atoms with Crippen LogP contribution in [0.2, 0.25) is 0 Å². The molecule has 7 heteroatoms. The fourth-order valence-corrected chi connectivity index (χ4v) is 2.34. The second-order valence-corrected chi connectivity index (χ2v) is 5.85. The van der Waals surface area contributed by atoms with Crippen LogP contribution in [-0.2, 0) is 9.53 Å². The number of halogens is 1. The number of aliphatic carboxylic acids is 1. The minimum atomic E-state index is -1.48. The molecule has 1 heterocycles. The quantitative estimate of drug-likeness (QED) is 0.767. The van der Waals surface area contributed by atoms with Crippen molar-refractivity contribution in [1.82, 2.24) is 10.3 Å². The molecule has 0 saturated heterocycles. The summed E-state index contributed by atoms with van der Waals surface area (Å²) < 4.78 is 5.76. The number of carbonyl (C=O) groups excluding carboxylic acids is 1. The Morgan fingerprint density at radius 1 is 1.43 bits per heavy atom. The van der Waals surface area contributed by atoms with Gasteiger partial charge in [-0.2, -0.15) is 0 Å². The van der Waals surface area contributed by atoms with Gasteiger partial charge >= 0.3 is 5.97 Å². The van der Waals surface area contributed by atoms with Gasteiger partial charge in [0.25, 0.3) is 5.91 Å². The number of aromatic nitrogens is 1. The van der Waals surface area contributed by atoms with Crippen LogP contribution in [0.4, 0.5) is 0 Å². The van der Waals surface area contributed by atoms with Crippen molar-refractivity contribution < 1.29 is 19.4 Å². The number of carbonyl (C=O) groups is 2. The average molecular weight is 355 g/mol. The molecule has 1 unspecified atom stereocenters. The van der Waals surface area contributed by atoms with Gasteiger partial charge in [-0.3, -0.25) is 4.79 Å². The van der Waals surface area contributed by atoms with Crippen LogP contribution >= 0.6 is 15.9 Å². The molecule has 1 aromatic carbocycles. The van der Waals surface area contributed by atoms with E-state index in [9.17, 15) is 14.7 Å². The van der Waals surface area contributed by atoms with Gasteiger partial charge in [-0.05, 0) is 25.1 Å². The molecule has 6 nitrogen and oxygen atoms in total. The Morgan fingerprint density at radius 2 is 2.14 bits per heavy atom. The Morgan fingerprint density at radius 3 is 2.76 bits per heavy atom. The number of carboxylic acid groups (broad SMARTS) is 1. The van der Waals surface area contributed by atoms with E-state index in [2.05, 4.69) is 26.2 Å². The lowest BCUT2D eigenvalue weighted by atomic mass is 10.0. The number of carboxylic acids is 1. The first-order valence-electron chi connectivity index (χ1n) is 6.19. The molecule has 0 fully saturated rings. The fraction of sp³-hybridized carbons (Fsp3) is 0.286. The predicted octanol–water partition coefficient (Wildman–Crippen LogP) is 2.15. The summed E-state index contributed by atoms with van der Waals surface area (Å²) in [6, 6.07) is 7.24. The van der Waals surface area contributed by atoms with Gasteiger partial charge < -0.3 is 20.1 Å². The van der Waals surface area contributed by atoms with Gasteiger partial charge in [-0.1, -0.05) is 22.0 Å². The lowest BCUT2D eigenvalue weighted by Crippen LogP contribution is -2.55. The number of methoxy groups -OCH3 is 1. The van der Waals surface area contributed by atoms with Gasteiger partial charge in [0.05, 0.1) is 6.61 Å². The summed E-state index contributed by atoms with van der Waals surface area (Å²) in [5.74, 6) is -1.65. The van der Waals surface area contributed by atoms with E-state index in [1.807, 2.05) is 18.2 Å². The van der Waals surface area contributed by atoms with Crippen molar-refractivity contribution in [2.45, 2.75) is 12.5 Å². The number of hydrogen-bond donors (Lipinski definition) is 3. The van der Waals surface area contributed by atoms with Crippen LogP contribution in [0.3, 0.4) is 0 Å². The fourth-order valence-electron chi connectivity index (χ4n) is 1.98. The summed E-state index contributed by atoms with van der Waals surface area (Å²) in [6.07, 6.45) is 0. The van der Waals surface area contributed by atoms with E-state index in [0.717, 1.165) is 15.4 Å². The monoisotopic (exact) mass is 354 g/mol. The highest BCUT2D eigenvalue weighted by atomic mass is 79.9. The highest BCUT2D eigenvalue weighted by Crippen LogP contribution is 2.20. The molecule has 21 heavy (non-hydrogen) atoms. The Labute approximate surface area is 129 Å². The summed E-state index contributed by atoms with van der Waals surface area (Å²) in [4.78, 5) is 26.5. The Balaban J connectivity index is 2.27. The molecule has 0 saturated carbocycles. The zero-order chi connectivity index (χ0) is 15.6. The van der Waals surface area contributed by atoms with Crippen molar-refractivity contribution in [3.63, 3.8) is 0 Å². The third-order valence-electron chi connectivity index (χ3n) is 3.12. The van der Waals surface area contributed by atoms with Crippen molar-refractivity contribution in [1.29, 1.82) is 0 Å². The summed E-state index contributed by atoms with van der Waals surface area (Å²) in [7, 11) is 1.38. The third kappa shape index (κ3) is 3.25. The largest absolute Gasteiger partial charge is 0.479 e. The number of aromatic amines is 1. The minimum absolute atomic E-state index is 0.125. The van der Waals surface area contributed by atoms with Gasteiger partial charge in [0.1, 0.15) is 5.69 Å². The van der Waals surface area contributed by atoms with Gasteiger partial charge in [0.2, 0.25) is 0 Å². The average Bonchev–Trinajstić information content (AvgIpc) is 2.81. The van der Waals surface area contributed by atoms with Crippen LogP contribution in [0.1, 0.15) is 17.4 Å². The molecule has 1 atom stereocenters. The number of amides is 1. The van der Waals surface area contributed by atoms with E-state index in [-0.39, 0.29) is 6.61 Å². The number of hydrogen-bond acceptors (Lipinski definition) is 3. The lowest BCUT2D eigenvalue weighted by Gasteiger charge is -2.24. The summed E-state index contributed by atoms with van der Waals surface area (Å²) in [5, 5.41) is 12.6. The number of nitrogens with one attached hydrogen (secondary N) is 2. The molecule has 0 radical (unpaired) electrons. The molecule has 2 rings (SSSR count). The number of fused-ring (bicyclic) bond motifs is 1. The Hall–Kier alpha value is -1.86. The van der Waals surface area contributed by atoms with Crippen LogP contribution in [0.15, 0.2) is 28.7 Å². The molecule has 0 aliphatic heterocycles. The first kappa shape index (κ1) is 15.5. The van der Waals surface area contributed by atoms with Crippen molar-refractivity contribution in [2.24, 2.45) is 0 Å². The summed E-state index contributed by atoms with van der Waals surface area (Å²) in [5.41, 5.74) is -0.394. The molecule has 2 aromatic rings.